The van der Waals surface area contributed by atoms with E-state index in [1.807, 2.05) is 13.8 Å². The Morgan fingerprint density at radius 3 is 2.42 bits per heavy atom. The first kappa shape index (κ1) is 14.3. The van der Waals surface area contributed by atoms with Crippen LogP contribution in [0.4, 0.5) is 10.1 Å². The number of piperidine rings is 1. The molecule has 4 nitrogen and oxygen atoms in total. The van der Waals surface area contributed by atoms with Crippen molar-refractivity contribution in [2.24, 2.45) is 11.8 Å². The molecule has 1 aliphatic rings. The predicted molar refractivity (Wildman–Crippen MR) is 72.5 cm³/mol. The monoisotopic (exact) mass is 286 g/mol. The Labute approximate surface area is 113 Å². The molecule has 0 amide bonds. The van der Waals surface area contributed by atoms with Gasteiger partial charge in [0.05, 0.1) is 0 Å². The zero-order valence-corrected chi connectivity index (χ0v) is 12.0. The standard InChI is InChI=1S/C13H19FN2O2S/c1-9-5-10(2)8-16(7-9)19(17,18)13-6-11(15)3-4-12(13)14/h3-4,6,9-10H,5,7-8,15H2,1-2H3. The van der Waals surface area contributed by atoms with Gasteiger partial charge in [0.2, 0.25) is 10.0 Å². The van der Waals surface area contributed by atoms with Crippen molar-refractivity contribution in [3.8, 4) is 0 Å². The Hall–Kier alpha value is -1.14. The minimum atomic E-state index is -3.80. The molecule has 2 unspecified atom stereocenters. The molecule has 0 spiro atoms. The van der Waals surface area contributed by atoms with E-state index in [-0.39, 0.29) is 22.4 Å². The van der Waals surface area contributed by atoms with E-state index in [1.165, 1.54) is 16.4 Å². The molecule has 1 aromatic rings. The Morgan fingerprint density at radius 2 is 1.84 bits per heavy atom. The summed E-state index contributed by atoms with van der Waals surface area (Å²) in [5, 5.41) is 0. The van der Waals surface area contributed by atoms with Gasteiger partial charge >= 0.3 is 0 Å². The second-order valence-corrected chi connectivity index (χ2v) is 7.36. The van der Waals surface area contributed by atoms with E-state index < -0.39 is 15.8 Å². The lowest BCUT2D eigenvalue weighted by atomic mass is 9.94. The Morgan fingerprint density at radius 1 is 1.26 bits per heavy atom. The van der Waals surface area contributed by atoms with Gasteiger partial charge in [-0.3, -0.25) is 0 Å². The van der Waals surface area contributed by atoms with Crippen LogP contribution in [0.3, 0.4) is 0 Å². The van der Waals surface area contributed by atoms with Crippen molar-refractivity contribution in [3.63, 3.8) is 0 Å². The van der Waals surface area contributed by atoms with Crippen molar-refractivity contribution >= 4 is 15.7 Å². The van der Waals surface area contributed by atoms with Crippen LogP contribution in [0.2, 0.25) is 0 Å². The Balaban J connectivity index is 2.39. The summed E-state index contributed by atoms with van der Waals surface area (Å²) in [4.78, 5) is -0.325. The fraction of sp³-hybridized carbons (Fsp3) is 0.538. The first-order valence-corrected chi connectivity index (χ1v) is 7.80. The molecule has 2 rings (SSSR count). The zero-order chi connectivity index (χ0) is 14.2. The highest BCUT2D eigenvalue weighted by Gasteiger charge is 2.33. The van der Waals surface area contributed by atoms with Gasteiger partial charge in [-0.25, -0.2) is 12.8 Å². The number of nitrogen functional groups attached to an aromatic ring is 1. The molecule has 1 aliphatic heterocycles. The molecule has 19 heavy (non-hydrogen) atoms. The molecule has 1 aromatic carbocycles. The third-order valence-corrected chi connectivity index (χ3v) is 5.26. The predicted octanol–water partition coefficient (Wildman–Crippen LogP) is 2.07. The summed E-state index contributed by atoms with van der Waals surface area (Å²) in [7, 11) is -3.80. The van der Waals surface area contributed by atoms with Crippen molar-refractivity contribution < 1.29 is 12.8 Å². The minimum absolute atomic E-state index is 0.248. The van der Waals surface area contributed by atoms with Gasteiger partial charge in [0.15, 0.2) is 0 Å². The number of rotatable bonds is 2. The van der Waals surface area contributed by atoms with Gasteiger partial charge in [0.1, 0.15) is 10.7 Å². The van der Waals surface area contributed by atoms with Crippen molar-refractivity contribution in [2.75, 3.05) is 18.8 Å². The number of hydrogen-bond donors (Lipinski definition) is 1. The fourth-order valence-corrected chi connectivity index (χ4v) is 4.44. The second kappa shape index (κ2) is 5.09. The number of benzene rings is 1. The van der Waals surface area contributed by atoms with Gasteiger partial charge in [0.25, 0.3) is 0 Å². The van der Waals surface area contributed by atoms with Crippen molar-refractivity contribution in [2.45, 2.75) is 25.2 Å². The molecule has 1 heterocycles. The zero-order valence-electron chi connectivity index (χ0n) is 11.1. The molecule has 2 N–H and O–H groups in total. The van der Waals surface area contributed by atoms with E-state index >= 15 is 0 Å². The van der Waals surface area contributed by atoms with Crippen LogP contribution in [0.1, 0.15) is 20.3 Å². The molecule has 0 aromatic heterocycles. The summed E-state index contributed by atoms with van der Waals surface area (Å²) in [5.41, 5.74) is 5.81. The maximum Gasteiger partial charge on any atom is 0.246 e. The second-order valence-electron chi connectivity index (χ2n) is 5.46. The number of hydrogen-bond acceptors (Lipinski definition) is 3. The third-order valence-electron chi connectivity index (χ3n) is 3.41. The van der Waals surface area contributed by atoms with Gasteiger partial charge in [0, 0.05) is 18.8 Å². The number of sulfonamides is 1. The van der Waals surface area contributed by atoms with Crippen LogP contribution in [0.15, 0.2) is 23.1 Å². The molecule has 1 saturated heterocycles. The third kappa shape index (κ3) is 2.90. The molecular formula is C13H19FN2O2S. The molecule has 0 saturated carbocycles. The average Bonchev–Trinajstić information content (AvgIpc) is 2.31. The SMILES string of the molecule is CC1CC(C)CN(S(=O)(=O)c2cc(N)ccc2F)C1. The molecule has 0 aliphatic carbocycles. The van der Waals surface area contributed by atoms with E-state index in [9.17, 15) is 12.8 Å². The van der Waals surface area contributed by atoms with Crippen LogP contribution in [0.25, 0.3) is 0 Å². The average molecular weight is 286 g/mol. The van der Waals surface area contributed by atoms with Gasteiger partial charge in [-0.05, 0) is 36.5 Å². The van der Waals surface area contributed by atoms with Gasteiger partial charge in [-0.15, -0.1) is 0 Å². The lowest BCUT2D eigenvalue weighted by Crippen LogP contribution is -2.42. The first-order chi connectivity index (χ1) is 8.80. The Bertz CT molecular complexity index is 564. The topological polar surface area (TPSA) is 63.4 Å². The molecule has 106 valence electrons. The highest BCUT2D eigenvalue weighted by molar-refractivity contribution is 7.89. The quantitative estimate of drug-likeness (QED) is 0.847. The van der Waals surface area contributed by atoms with Gasteiger partial charge in [-0.2, -0.15) is 4.31 Å². The first-order valence-electron chi connectivity index (χ1n) is 6.36. The summed E-state index contributed by atoms with van der Waals surface area (Å²) in [6, 6.07) is 3.64. The summed E-state index contributed by atoms with van der Waals surface area (Å²) in [6.07, 6.45) is 0.991. The Kier molecular flexibility index (Phi) is 3.82. The maximum absolute atomic E-state index is 13.8. The van der Waals surface area contributed by atoms with Gasteiger partial charge < -0.3 is 5.73 Å². The highest BCUT2D eigenvalue weighted by Crippen LogP contribution is 2.28. The van der Waals surface area contributed by atoms with Crippen molar-refractivity contribution in [1.82, 2.24) is 4.31 Å². The summed E-state index contributed by atoms with van der Waals surface area (Å²) < 4.78 is 40.1. The van der Waals surface area contributed by atoms with E-state index in [0.29, 0.717) is 13.1 Å². The molecule has 2 atom stereocenters. The number of nitrogens with zero attached hydrogens (tertiary/aromatic N) is 1. The van der Waals surface area contributed by atoms with E-state index in [2.05, 4.69) is 0 Å². The largest absolute Gasteiger partial charge is 0.399 e. The van der Waals surface area contributed by atoms with Crippen LogP contribution >= 0.6 is 0 Å². The lowest BCUT2D eigenvalue weighted by Gasteiger charge is -2.34. The maximum atomic E-state index is 13.8. The summed E-state index contributed by atoms with van der Waals surface area (Å²) in [5.74, 6) is -0.189. The molecule has 0 bridgehead atoms. The normalized spacial score (nSPS) is 25.4. The number of halogens is 1. The van der Waals surface area contributed by atoms with Crippen LogP contribution in [0, 0.1) is 17.7 Å². The van der Waals surface area contributed by atoms with E-state index in [4.69, 9.17) is 5.73 Å². The number of anilines is 1. The number of nitrogens with two attached hydrogens (primary N) is 1. The van der Waals surface area contributed by atoms with E-state index in [0.717, 1.165) is 12.5 Å². The van der Waals surface area contributed by atoms with Crippen molar-refractivity contribution in [1.29, 1.82) is 0 Å². The molecular weight excluding hydrogens is 267 g/mol. The highest BCUT2D eigenvalue weighted by atomic mass is 32.2. The van der Waals surface area contributed by atoms with Crippen LogP contribution < -0.4 is 5.73 Å². The molecule has 1 fully saturated rings. The molecule has 6 heteroatoms. The molecule has 0 radical (unpaired) electrons. The summed E-state index contributed by atoms with van der Waals surface area (Å²) >= 11 is 0. The fourth-order valence-electron chi connectivity index (χ4n) is 2.66. The van der Waals surface area contributed by atoms with Crippen molar-refractivity contribution in [3.05, 3.63) is 24.0 Å². The van der Waals surface area contributed by atoms with E-state index in [1.54, 1.807) is 0 Å². The smallest absolute Gasteiger partial charge is 0.246 e. The van der Waals surface area contributed by atoms with Crippen LogP contribution in [-0.2, 0) is 10.0 Å². The van der Waals surface area contributed by atoms with Crippen LogP contribution in [0.5, 0.6) is 0 Å². The van der Waals surface area contributed by atoms with Crippen LogP contribution in [-0.4, -0.2) is 25.8 Å². The summed E-state index contributed by atoms with van der Waals surface area (Å²) in [6.45, 7) is 4.88. The van der Waals surface area contributed by atoms with Gasteiger partial charge in [-0.1, -0.05) is 13.8 Å². The minimum Gasteiger partial charge on any atom is -0.399 e. The lowest BCUT2D eigenvalue weighted by molar-refractivity contribution is 0.222.